The Labute approximate surface area is 209 Å². The van der Waals surface area contributed by atoms with Crippen LogP contribution in [-0.2, 0) is 16.2 Å². The van der Waals surface area contributed by atoms with E-state index in [1.165, 1.54) is 10.9 Å². The van der Waals surface area contributed by atoms with E-state index in [1.807, 2.05) is 26.0 Å². The molecule has 0 bridgehead atoms. The molecule has 1 aromatic carbocycles. The summed E-state index contributed by atoms with van der Waals surface area (Å²) >= 11 is 0. The number of aromatic nitrogens is 3. The molecule has 0 saturated carbocycles. The topological polar surface area (TPSA) is 88.6 Å². The van der Waals surface area contributed by atoms with Crippen LogP contribution in [0.25, 0.3) is 22.0 Å². The molecular weight excluding hydrogens is 478 g/mol. The molecule has 0 unspecified atom stereocenters. The Bertz CT molecular complexity index is 1190. The van der Waals surface area contributed by atoms with Crippen LogP contribution in [0.2, 0.25) is 51.4 Å². The fourth-order valence-corrected chi connectivity index (χ4v) is 5.08. The second-order valence-electron chi connectivity index (χ2n) is 11.4. The normalized spacial score (nSPS) is 12.5. The van der Waals surface area contributed by atoms with Gasteiger partial charge in [0, 0.05) is 34.9 Å². The van der Waals surface area contributed by atoms with E-state index in [2.05, 4.69) is 49.4 Å². The zero-order valence-electron chi connectivity index (χ0n) is 22.4. The highest BCUT2D eigenvalue weighted by Gasteiger charge is 2.18. The molecule has 35 heavy (non-hydrogen) atoms. The molecule has 2 aromatic heterocycles. The lowest BCUT2D eigenvalue weighted by atomic mass is 10.0. The highest BCUT2D eigenvalue weighted by atomic mass is 28.3. The van der Waals surface area contributed by atoms with Crippen LogP contribution in [0.5, 0.6) is 5.75 Å². The van der Waals surface area contributed by atoms with Gasteiger partial charge in [-0.2, -0.15) is 0 Å². The van der Waals surface area contributed by atoms with Gasteiger partial charge in [0.05, 0.1) is 11.1 Å². The van der Waals surface area contributed by atoms with Gasteiger partial charge in [-0.25, -0.2) is 4.98 Å². The minimum absolute atomic E-state index is 0.0925. The molecule has 0 fully saturated rings. The van der Waals surface area contributed by atoms with Gasteiger partial charge in [-0.3, -0.25) is 9.36 Å². The fraction of sp³-hybridized carbons (Fsp3) is 0.560. The van der Waals surface area contributed by atoms with Gasteiger partial charge >= 0.3 is 0 Å². The minimum atomic E-state index is -1.21. The van der Waals surface area contributed by atoms with Crippen molar-refractivity contribution < 1.29 is 18.7 Å². The molecule has 0 spiro atoms. The Hall–Kier alpha value is -2.28. The van der Waals surface area contributed by atoms with Crippen molar-refractivity contribution in [2.45, 2.75) is 71.9 Å². The van der Waals surface area contributed by atoms with Crippen LogP contribution in [0, 0.1) is 13.8 Å². The number of benzene rings is 1. The maximum atomic E-state index is 13.4. The molecule has 192 valence electrons. The second kappa shape index (κ2) is 11.2. The van der Waals surface area contributed by atoms with Gasteiger partial charge < -0.3 is 18.7 Å². The molecule has 8 nitrogen and oxygen atoms in total. The van der Waals surface area contributed by atoms with Crippen molar-refractivity contribution in [2.24, 2.45) is 0 Å². The molecule has 0 saturated heterocycles. The van der Waals surface area contributed by atoms with Crippen LogP contribution in [0.1, 0.15) is 11.5 Å². The van der Waals surface area contributed by atoms with Crippen LogP contribution in [0.4, 0.5) is 0 Å². The van der Waals surface area contributed by atoms with Crippen molar-refractivity contribution in [1.82, 2.24) is 14.7 Å². The predicted molar refractivity (Wildman–Crippen MR) is 145 cm³/mol. The first-order valence-corrected chi connectivity index (χ1v) is 19.5. The van der Waals surface area contributed by atoms with E-state index in [4.69, 9.17) is 18.7 Å². The average molecular weight is 518 g/mol. The molecule has 0 aliphatic rings. The summed E-state index contributed by atoms with van der Waals surface area (Å²) in [5, 5.41) is 4.52. The zero-order chi connectivity index (χ0) is 25.8. The van der Waals surface area contributed by atoms with E-state index in [-0.39, 0.29) is 19.1 Å². The molecule has 0 radical (unpaired) electrons. The molecule has 0 aliphatic carbocycles. The summed E-state index contributed by atoms with van der Waals surface area (Å²) in [5.41, 5.74) is 2.71. The summed E-state index contributed by atoms with van der Waals surface area (Å²) in [4.78, 5) is 17.9. The van der Waals surface area contributed by atoms with E-state index in [9.17, 15) is 4.79 Å². The molecule has 3 rings (SSSR count). The van der Waals surface area contributed by atoms with Crippen molar-refractivity contribution >= 4 is 27.1 Å². The van der Waals surface area contributed by atoms with Crippen molar-refractivity contribution in [1.29, 1.82) is 0 Å². The van der Waals surface area contributed by atoms with Crippen LogP contribution < -0.4 is 10.3 Å². The standard InChI is InChI=1S/C25H39N3O5Si2/c1-18-23(19(2)33-27-18)20-13-21-24(22(14-20)32-17-31-10-12-35(6,7)8)26-15-28(25(21)29)16-30-9-11-34(3,4)5/h13-15H,9-12,16-17H2,1-8H3. The van der Waals surface area contributed by atoms with Crippen molar-refractivity contribution in [3.8, 4) is 16.9 Å². The second-order valence-corrected chi connectivity index (χ2v) is 22.7. The summed E-state index contributed by atoms with van der Waals surface area (Å²) in [6, 6.07) is 5.79. The minimum Gasteiger partial charge on any atom is -0.465 e. The highest BCUT2D eigenvalue weighted by molar-refractivity contribution is 6.76. The SMILES string of the molecule is Cc1noc(C)c1-c1cc(OCOCC[Si](C)(C)C)c2ncn(COCC[Si](C)(C)C)c(=O)c2c1. The molecule has 0 N–H and O–H groups in total. The molecular formula is C25H39N3O5Si2. The lowest BCUT2D eigenvalue weighted by Gasteiger charge is -2.17. The molecule has 3 aromatic rings. The van der Waals surface area contributed by atoms with Crippen LogP contribution >= 0.6 is 0 Å². The largest absolute Gasteiger partial charge is 0.465 e. The van der Waals surface area contributed by atoms with Crippen LogP contribution in [-0.4, -0.2) is 50.9 Å². The predicted octanol–water partition coefficient (Wildman–Crippen LogP) is 5.67. The number of aryl methyl sites for hydroxylation is 2. The van der Waals surface area contributed by atoms with Crippen LogP contribution in [0.15, 0.2) is 27.8 Å². The first-order valence-electron chi connectivity index (χ1n) is 12.1. The van der Waals surface area contributed by atoms with E-state index >= 15 is 0 Å². The Morgan fingerprint density at radius 1 is 0.971 bits per heavy atom. The molecule has 10 heteroatoms. The molecule has 0 aliphatic heterocycles. The van der Waals surface area contributed by atoms with Crippen LogP contribution in [0.3, 0.4) is 0 Å². The van der Waals surface area contributed by atoms with E-state index in [1.54, 1.807) is 0 Å². The zero-order valence-corrected chi connectivity index (χ0v) is 24.4. The number of hydrogen-bond donors (Lipinski definition) is 0. The van der Waals surface area contributed by atoms with Gasteiger partial charge in [-0.15, -0.1) is 0 Å². The quantitative estimate of drug-likeness (QED) is 0.174. The number of rotatable bonds is 12. The summed E-state index contributed by atoms with van der Waals surface area (Å²) in [7, 11) is -2.40. The van der Waals surface area contributed by atoms with Gasteiger partial charge in [0.15, 0.2) is 6.79 Å². The first-order chi connectivity index (χ1) is 16.4. The van der Waals surface area contributed by atoms with Crippen molar-refractivity contribution in [2.75, 3.05) is 20.0 Å². The van der Waals surface area contributed by atoms with Gasteiger partial charge in [0.2, 0.25) is 0 Å². The van der Waals surface area contributed by atoms with Crippen molar-refractivity contribution in [3.05, 3.63) is 40.3 Å². The fourth-order valence-electron chi connectivity index (χ4n) is 3.56. The number of hydrogen-bond acceptors (Lipinski definition) is 7. The van der Waals surface area contributed by atoms with E-state index in [0.29, 0.717) is 35.6 Å². The Balaban J connectivity index is 1.90. The maximum Gasteiger partial charge on any atom is 0.263 e. The summed E-state index contributed by atoms with van der Waals surface area (Å²) in [6.07, 6.45) is 1.52. The first kappa shape index (κ1) is 27.3. The smallest absolute Gasteiger partial charge is 0.263 e. The third kappa shape index (κ3) is 7.60. The van der Waals surface area contributed by atoms with Crippen molar-refractivity contribution in [3.63, 3.8) is 0 Å². The number of fused-ring (bicyclic) bond motifs is 1. The monoisotopic (exact) mass is 517 g/mol. The third-order valence-electron chi connectivity index (χ3n) is 5.74. The lowest BCUT2D eigenvalue weighted by Crippen LogP contribution is -2.25. The van der Waals surface area contributed by atoms with Gasteiger partial charge in [0.25, 0.3) is 5.56 Å². The third-order valence-corrected chi connectivity index (χ3v) is 9.14. The summed E-state index contributed by atoms with van der Waals surface area (Å²) in [5.74, 6) is 1.17. The summed E-state index contributed by atoms with van der Waals surface area (Å²) in [6.45, 7) is 19.1. The average Bonchev–Trinajstić information content (AvgIpc) is 3.09. The highest BCUT2D eigenvalue weighted by Crippen LogP contribution is 2.33. The number of ether oxygens (including phenoxy) is 3. The Kier molecular flexibility index (Phi) is 8.74. The molecule has 0 atom stereocenters. The Morgan fingerprint density at radius 3 is 2.23 bits per heavy atom. The molecule has 0 amide bonds. The number of nitrogens with zero attached hydrogens (tertiary/aromatic N) is 3. The Morgan fingerprint density at radius 2 is 1.63 bits per heavy atom. The van der Waals surface area contributed by atoms with Gasteiger partial charge in [-0.1, -0.05) is 44.4 Å². The maximum absolute atomic E-state index is 13.4. The van der Waals surface area contributed by atoms with E-state index < -0.39 is 16.1 Å². The van der Waals surface area contributed by atoms with E-state index in [0.717, 1.165) is 28.9 Å². The summed E-state index contributed by atoms with van der Waals surface area (Å²) < 4.78 is 24.4. The lowest BCUT2D eigenvalue weighted by molar-refractivity contribution is 0.0228. The molecule has 2 heterocycles. The van der Waals surface area contributed by atoms with Gasteiger partial charge in [0.1, 0.15) is 30.1 Å². The van der Waals surface area contributed by atoms with Gasteiger partial charge in [-0.05, 0) is 43.6 Å².